The van der Waals surface area contributed by atoms with Crippen LogP contribution in [0.25, 0.3) is 11.1 Å². The summed E-state index contributed by atoms with van der Waals surface area (Å²) >= 11 is 0. The van der Waals surface area contributed by atoms with Crippen LogP contribution in [0.2, 0.25) is 0 Å². The monoisotopic (exact) mass is 458 g/mol. The van der Waals surface area contributed by atoms with E-state index >= 15 is 0 Å². The van der Waals surface area contributed by atoms with Gasteiger partial charge >= 0.3 is 6.11 Å². The fourth-order valence-corrected chi connectivity index (χ4v) is 3.13. The van der Waals surface area contributed by atoms with Crippen molar-refractivity contribution in [1.82, 2.24) is 0 Å². The molecule has 0 radical (unpaired) electrons. The third-order valence-corrected chi connectivity index (χ3v) is 4.62. The van der Waals surface area contributed by atoms with Gasteiger partial charge < -0.3 is 9.47 Å². The summed E-state index contributed by atoms with van der Waals surface area (Å²) in [6, 6.07) is 8.74. The molecule has 0 bridgehead atoms. The summed E-state index contributed by atoms with van der Waals surface area (Å²) in [5.74, 6) is -8.59. The van der Waals surface area contributed by atoms with E-state index in [9.17, 15) is 30.7 Å². The molecule has 0 aliphatic rings. The van der Waals surface area contributed by atoms with Crippen LogP contribution in [0.1, 0.15) is 24.5 Å². The van der Waals surface area contributed by atoms with Crippen LogP contribution in [-0.4, -0.2) is 6.86 Å². The number of ether oxygens (including phenoxy) is 2. The third kappa shape index (κ3) is 4.81. The quantitative estimate of drug-likeness (QED) is 0.330. The molecule has 3 aromatic rings. The Morgan fingerprint density at radius 1 is 0.844 bits per heavy atom. The lowest BCUT2D eigenvalue weighted by Crippen LogP contribution is -2.24. The maximum Gasteiger partial charge on any atom is 0.429 e. The van der Waals surface area contributed by atoms with Gasteiger partial charge in [0.25, 0.3) is 0 Å². The van der Waals surface area contributed by atoms with Crippen molar-refractivity contribution in [3.8, 4) is 22.6 Å². The normalized spacial score (nSPS) is 11.5. The molecule has 0 N–H and O–H groups in total. The van der Waals surface area contributed by atoms with E-state index in [0.29, 0.717) is 18.2 Å². The molecular weight excluding hydrogens is 441 g/mol. The Hall–Kier alpha value is -3.23. The summed E-state index contributed by atoms with van der Waals surface area (Å²) in [4.78, 5) is 0. The molecule has 0 atom stereocenters. The highest BCUT2D eigenvalue weighted by Gasteiger charge is 2.40. The predicted octanol–water partition coefficient (Wildman–Crippen LogP) is 7.30. The first-order valence-corrected chi connectivity index (χ1v) is 9.50. The molecule has 0 aliphatic carbocycles. The topological polar surface area (TPSA) is 18.5 Å². The van der Waals surface area contributed by atoms with Gasteiger partial charge in [0.05, 0.1) is 0 Å². The van der Waals surface area contributed by atoms with Crippen LogP contribution >= 0.6 is 0 Å². The van der Waals surface area contributed by atoms with E-state index in [2.05, 4.69) is 9.47 Å². The lowest BCUT2D eigenvalue weighted by molar-refractivity contribution is -0.187. The second-order valence-corrected chi connectivity index (χ2v) is 6.82. The average Bonchev–Trinajstić information content (AvgIpc) is 2.73. The maximum absolute atomic E-state index is 14.6. The van der Waals surface area contributed by atoms with Crippen LogP contribution in [-0.2, 0) is 12.5 Å². The highest BCUT2D eigenvalue weighted by Crippen LogP contribution is 2.38. The van der Waals surface area contributed by atoms with E-state index in [4.69, 9.17) is 0 Å². The second kappa shape index (κ2) is 9.50. The fraction of sp³-hybridized carbons (Fsp3) is 0.217. The van der Waals surface area contributed by atoms with Gasteiger partial charge in [-0.2, -0.15) is 8.78 Å². The zero-order valence-electron chi connectivity index (χ0n) is 16.7. The molecule has 0 saturated heterocycles. The Balaban J connectivity index is 1.91. The van der Waals surface area contributed by atoms with Crippen molar-refractivity contribution in [2.45, 2.75) is 25.9 Å². The van der Waals surface area contributed by atoms with Crippen molar-refractivity contribution in [3.05, 3.63) is 82.9 Å². The Bertz CT molecular complexity index is 1080. The molecule has 0 spiro atoms. The molecule has 0 fully saturated rings. The van der Waals surface area contributed by atoms with E-state index in [1.807, 2.05) is 6.92 Å². The van der Waals surface area contributed by atoms with Crippen molar-refractivity contribution in [2.75, 3.05) is 6.86 Å². The lowest BCUT2D eigenvalue weighted by Gasteiger charge is -2.20. The van der Waals surface area contributed by atoms with Gasteiger partial charge in [0.1, 0.15) is 11.3 Å². The van der Waals surface area contributed by atoms with E-state index in [1.54, 1.807) is 24.3 Å². The summed E-state index contributed by atoms with van der Waals surface area (Å²) in [6.45, 7) is 0.432. The number of alkyl halides is 3. The third-order valence-electron chi connectivity index (χ3n) is 4.62. The predicted molar refractivity (Wildman–Crippen MR) is 103 cm³/mol. The molecule has 3 rings (SSSR count). The molecule has 0 unspecified atom stereocenters. The largest absolute Gasteiger partial charge is 0.457 e. The zero-order chi connectivity index (χ0) is 23.5. The van der Waals surface area contributed by atoms with E-state index in [-0.39, 0.29) is 11.1 Å². The first-order valence-electron chi connectivity index (χ1n) is 9.50. The van der Waals surface area contributed by atoms with Crippen molar-refractivity contribution >= 4 is 0 Å². The van der Waals surface area contributed by atoms with E-state index < -0.39 is 53.3 Å². The van der Waals surface area contributed by atoms with Crippen molar-refractivity contribution < 1.29 is 40.2 Å². The van der Waals surface area contributed by atoms with E-state index in [1.165, 1.54) is 0 Å². The maximum atomic E-state index is 14.6. The Labute approximate surface area is 179 Å². The summed E-state index contributed by atoms with van der Waals surface area (Å²) < 4.78 is 106. The fourth-order valence-electron chi connectivity index (χ4n) is 3.13. The molecule has 0 aliphatic heterocycles. The number of hydrogen-bond acceptors (Lipinski definition) is 2. The van der Waals surface area contributed by atoms with Crippen molar-refractivity contribution in [3.63, 3.8) is 0 Å². The first-order chi connectivity index (χ1) is 15.2. The summed E-state index contributed by atoms with van der Waals surface area (Å²) in [5.41, 5.74) is -0.443. The number of halogens is 7. The standard InChI is InChI=1S/C23H17F7O2/c1-2-3-13-4-6-14(7-5-13)16-8-9-17(21(28)20(16)27)23(29,30)32-15-10-18(25)22(31-12-24)19(26)11-15/h4-11H,2-3,12H2,1H3. The Morgan fingerprint density at radius 2 is 1.47 bits per heavy atom. The number of rotatable bonds is 8. The molecule has 32 heavy (non-hydrogen) atoms. The summed E-state index contributed by atoms with van der Waals surface area (Å²) in [5, 5.41) is 0. The van der Waals surface area contributed by atoms with Gasteiger partial charge in [0, 0.05) is 17.7 Å². The van der Waals surface area contributed by atoms with Crippen LogP contribution < -0.4 is 9.47 Å². The highest BCUT2D eigenvalue weighted by atomic mass is 19.3. The molecule has 170 valence electrons. The van der Waals surface area contributed by atoms with Crippen LogP contribution in [0, 0.1) is 23.3 Å². The number of aryl methyl sites for hydroxylation is 1. The van der Waals surface area contributed by atoms with Crippen molar-refractivity contribution in [2.24, 2.45) is 0 Å². The van der Waals surface area contributed by atoms with Crippen LogP contribution in [0.4, 0.5) is 30.7 Å². The zero-order valence-corrected chi connectivity index (χ0v) is 16.7. The highest BCUT2D eigenvalue weighted by molar-refractivity contribution is 5.65. The summed E-state index contributed by atoms with van der Waals surface area (Å²) in [6.07, 6.45) is -2.79. The number of hydrogen-bond donors (Lipinski definition) is 0. The van der Waals surface area contributed by atoms with Crippen LogP contribution in [0.5, 0.6) is 11.5 Å². The number of benzene rings is 3. The Morgan fingerprint density at radius 3 is 2.03 bits per heavy atom. The molecule has 3 aromatic carbocycles. The second-order valence-electron chi connectivity index (χ2n) is 6.82. The molecule has 2 nitrogen and oxygen atoms in total. The van der Waals surface area contributed by atoms with Gasteiger partial charge in [-0.3, -0.25) is 0 Å². The van der Waals surface area contributed by atoms with Gasteiger partial charge in [-0.1, -0.05) is 43.7 Å². The van der Waals surface area contributed by atoms with Gasteiger partial charge in [-0.05, 0) is 23.6 Å². The van der Waals surface area contributed by atoms with Crippen LogP contribution in [0.15, 0.2) is 48.5 Å². The van der Waals surface area contributed by atoms with Gasteiger partial charge in [0.15, 0.2) is 29.0 Å². The van der Waals surface area contributed by atoms with Gasteiger partial charge in [-0.25, -0.2) is 22.0 Å². The van der Waals surface area contributed by atoms with Crippen LogP contribution in [0.3, 0.4) is 0 Å². The minimum Gasteiger partial charge on any atom is -0.457 e. The average molecular weight is 458 g/mol. The smallest absolute Gasteiger partial charge is 0.429 e. The van der Waals surface area contributed by atoms with Crippen molar-refractivity contribution in [1.29, 1.82) is 0 Å². The minimum atomic E-state index is -4.48. The lowest BCUT2D eigenvalue weighted by atomic mass is 10.00. The molecule has 0 saturated carbocycles. The molecule has 0 amide bonds. The first kappa shape index (κ1) is 23.4. The minimum absolute atomic E-state index is 0.241. The molecule has 0 aromatic heterocycles. The Kier molecular flexibility index (Phi) is 6.96. The van der Waals surface area contributed by atoms with E-state index in [0.717, 1.165) is 24.5 Å². The summed E-state index contributed by atoms with van der Waals surface area (Å²) in [7, 11) is 0. The molecular formula is C23H17F7O2. The van der Waals surface area contributed by atoms with Gasteiger partial charge in [-0.15, -0.1) is 0 Å². The van der Waals surface area contributed by atoms with Gasteiger partial charge in [0.2, 0.25) is 6.86 Å². The molecule has 9 heteroatoms. The molecule has 0 heterocycles. The SMILES string of the molecule is CCCc1ccc(-c2ccc(C(F)(F)Oc3cc(F)c(OCF)c(F)c3)c(F)c2F)cc1.